The van der Waals surface area contributed by atoms with Gasteiger partial charge in [-0.1, -0.05) is 425 Å². The average molecular weight is 1750 g/mol. The Kier molecular flexibility index (Phi) is 22.0. The van der Waals surface area contributed by atoms with Gasteiger partial charge in [0.15, 0.2) is 34.9 Å². The Hall–Kier alpha value is -17.3. The molecule has 134 heavy (non-hydrogen) atoms. The minimum atomic E-state index is 0.622. The minimum Gasteiger partial charge on any atom is -0.246 e. The van der Waals surface area contributed by atoms with Crippen LogP contribution in [0.4, 0.5) is 0 Å². The van der Waals surface area contributed by atoms with Crippen molar-refractivity contribution in [2.45, 2.75) is 0 Å². The van der Waals surface area contributed by atoms with E-state index in [1.807, 2.05) is 144 Å². The fraction of sp³-hybridized carbons (Fsp3) is 0. The van der Waals surface area contributed by atoms with Gasteiger partial charge >= 0.3 is 0 Å². The van der Waals surface area contributed by atoms with Crippen LogP contribution in [-0.2, 0) is 0 Å². The van der Waals surface area contributed by atoms with E-state index in [0.29, 0.717) is 34.9 Å². The van der Waals surface area contributed by atoms with Crippen LogP contribution in [-0.4, -0.2) is 39.9 Å². The van der Waals surface area contributed by atoms with Crippen LogP contribution in [0.1, 0.15) is 0 Å². The molecule has 628 valence electrons. The number of aromatic nitrogens is 8. The molecule has 8 nitrogen and oxygen atoms in total. The molecule has 6 heterocycles. The predicted octanol–water partition coefficient (Wildman–Crippen LogP) is 33.3. The maximum absolute atomic E-state index is 5.39. The molecular weight excluding hydrogens is 1670 g/mol. The third-order valence-electron chi connectivity index (χ3n) is 24.6. The molecule has 0 aliphatic heterocycles. The normalized spacial score (nSPS) is 11.3. The van der Waals surface area contributed by atoms with E-state index >= 15 is 0 Å². The maximum Gasteiger partial charge on any atom is 0.164 e. The summed E-state index contributed by atoms with van der Waals surface area (Å²) in [4.78, 5) is 43.1. The van der Waals surface area contributed by atoms with Crippen molar-refractivity contribution >= 4 is 64.7 Å². The number of rotatable bonds is 18. The van der Waals surface area contributed by atoms with Crippen LogP contribution in [0.5, 0.6) is 0 Å². The fourth-order valence-corrected chi connectivity index (χ4v) is 20.7. The van der Waals surface area contributed by atoms with E-state index in [2.05, 4.69) is 364 Å². The lowest BCUT2D eigenvalue weighted by molar-refractivity contribution is 1.07. The monoisotopic (exact) mass is 1740 g/mol. The van der Waals surface area contributed by atoms with Gasteiger partial charge in [-0.25, -0.2) is 39.9 Å². The number of benzene rings is 18. The van der Waals surface area contributed by atoms with Crippen LogP contribution < -0.4 is 0 Å². The van der Waals surface area contributed by atoms with Gasteiger partial charge in [0.1, 0.15) is 0 Å². The molecule has 0 fully saturated rings. The lowest BCUT2D eigenvalue weighted by Crippen LogP contribution is -2.00. The Morgan fingerprint density at radius 3 is 0.672 bits per heavy atom. The first kappa shape index (κ1) is 81.2. The molecule has 0 aliphatic carbocycles. The molecule has 18 aromatic carbocycles. The topological polar surface area (TPSA) is 103 Å². The molecule has 24 aromatic rings. The van der Waals surface area contributed by atoms with Crippen LogP contribution in [0.3, 0.4) is 0 Å². The molecule has 0 saturated carbocycles. The fourth-order valence-electron chi connectivity index (χ4n) is 18.1. The zero-order valence-corrected chi connectivity index (χ0v) is 74.2. The molecule has 0 saturated heterocycles. The average Bonchev–Trinajstić information content (AvgIpc) is 1.57. The predicted molar refractivity (Wildman–Crippen MR) is 559 cm³/mol. The minimum absolute atomic E-state index is 0.622. The third-order valence-corrected chi connectivity index (χ3v) is 27.1. The second-order valence-electron chi connectivity index (χ2n) is 33.2. The van der Waals surface area contributed by atoms with Gasteiger partial charge in [0.25, 0.3) is 0 Å². The van der Waals surface area contributed by atoms with E-state index in [1.165, 1.54) is 86.4 Å². The quantitative estimate of drug-likeness (QED) is 0.0837. The van der Waals surface area contributed by atoms with E-state index in [-0.39, 0.29) is 0 Å². The van der Waals surface area contributed by atoms with Gasteiger partial charge < -0.3 is 0 Å². The number of fused-ring (bicyclic) bond motifs is 6. The van der Waals surface area contributed by atoms with Gasteiger partial charge in [-0.2, -0.15) is 0 Å². The molecule has 0 unspecified atom stereocenters. The number of hydrogen-bond acceptors (Lipinski definition) is 10. The molecule has 24 rings (SSSR count). The van der Waals surface area contributed by atoms with Crippen LogP contribution in [0.15, 0.2) is 485 Å². The summed E-state index contributed by atoms with van der Waals surface area (Å²) >= 11 is 3.67. The van der Waals surface area contributed by atoms with Crippen molar-refractivity contribution in [3.63, 3.8) is 0 Å². The van der Waals surface area contributed by atoms with Crippen molar-refractivity contribution in [3.05, 3.63) is 485 Å². The molecule has 0 N–H and O–H groups in total. The smallest absolute Gasteiger partial charge is 0.164 e. The lowest BCUT2D eigenvalue weighted by Gasteiger charge is -2.14. The number of thiophene rings is 2. The van der Waals surface area contributed by atoms with Gasteiger partial charge in [0, 0.05) is 86.9 Å². The molecule has 0 amide bonds. The Bertz CT molecular complexity index is 8170. The summed E-state index contributed by atoms with van der Waals surface area (Å²) in [5.74, 6) is 3.82. The van der Waals surface area contributed by atoms with E-state index in [1.54, 1.807) is 0 Å². The summed E-state index contributed by atoms with van der Waals surface area (Å²) in [6.07, 6.45) is 0. The molecular formula is C124H80N8S2. The number of hydrogen-bond donors (Lipinski definition) is 0. The summed E-state index contributed by atoms with van der Waals surface area (Å²) in [7, 11) is 0. The summed E-state index contributed by atoms with van der Waals surface area (Å²) < 4.78 is 2.33. The van der Waals surface area contributed by atoms with Gasteiger partial charge in [-0.05, 0) is 150 Å². The van der Waals surface area contributed by atoms with Crippen LogP contribution >= 0.6 is 22.7 Å². The van der Waals surface area contributed by atoms with Crippen molar-refractivity contribution < 1.29 is 0 Å². The highest BCUT2D eigenvalue weighted by atomic mass is 32.1. The lowest BCUT2D eigenvalue weighted by atomic mass is 9.91. The highest BCUT2D eigenvalue weighted by Gasteiger charge is 2.28. The number of pyridine rings is 2. The van der Waals surface area contributed by atoms with Gasteiger partial charge in [0.2, 0.25) is 0 Å². The molecule has 0 atom stereocenters. The molecule has 10 heteroatoms. The highest BCUT2D eigenvalue weighted by Crippen LogP contribution is 2.54. The van der Waals surface area contributed by atoms with Crippen LogP contribution in [0, 0.1) is 0 Å². The summed E-state index contributed by atoms with van der Waals surface area (Å²) in [5.41, 5.74) is 32.5. The highest BCUT2D eigenvalue weighted by molar-refractivity contribution is 7.24. The Morgan fingerprint density at radius 1 is 0.134 bits per heavy atom. The van der Waals surface area contributed by atoms with E-state index in [9.17, 15) is 0 Å². The van der Waals surface area contributed by atoms with Gasteiger partial charge in [0.05, 0.1) is 31.8 Å². The molecule has 0 spiro atoms. The first-order chi connectivity index (χ1) is 66.4. The first-order valence-corrected chi connectivity index (χ1v) is 46.5. The van der Waals surface area contributed by atoms with Crippen molar-refractivity contribution in [2.75, 3.05) is 0 Å². The standard InChI is InChI=1S/2C62H40N4S/c1-6-20-41(21-7-1)50-38-51(42-22-8-2-9-23-42)40-52(39-50)58-55(56-53-34-16-17-35-54(53)63-57(59(56)67-58)43-24-10-3-11-25-43)48-32-18-30-46(36-48)47-31-19-33-49(37-47)62-65-60(44-26-12-4-13-27-44)64-61(66-62)45-28-14-5-15-29-45;1-6-18-41(19-7-1)50-38-51(42-20-8-2-9-21-42)40-52(39-50)58-55(56-53-28-16-17-29-54(53)63-57(59(56)67-58)46-22-10-3-11-23-46)45-34-30-43(31-35-45)44-32-36-49(37-33-44)62-65-60(47-24-12-4-13-25-47)64-61(66-62)48-26-14-5-15-27-48/h2*1-40H. The van der Waals surface area contributed by atoms with Crippen LogP contribution in [0.25, 0.3) is 243 Å². The molecule has 0 radical (unpaired) electrons. The largest absolute Gasteiger partial charge is 0.246 e. The summed E-state index contributed by atoms with van der Waals surface area (Å²) in [6.45, 7) is 0. The number of para-hydroxylation sites is 2. The van der Waals surface area contributed by atoms with Crippen molar-refractivity contribution in [1.29, 1.82) is 0 Å². The van der Waals surface area contributed by atoms with Crippen LogP contribution in [0.2, 0.25) is 0 Å². The maximum atomic E-state index is 5.39. The molecule has 6 aromatic heterocycles. The zero-order chi connectivity index (χ0) is 89.0. The molecule has 0 aliphatic rings. The van der Waals surface area contributed by atoms with E-state index in [4.69, 9.17) is 39.9 Å². The van der Waals surface area contributed by atoms with Gasteiger partial charge in [-0.15, -0.1) is 22.7 Å². The summed E-state index contributed by atoms with van der Waals surface area (Å²) in [5, 5.41) is 4.69. The zero-order valence-electron chi connectivity index (χ0n) is 72.6. The Morgan fingerprint density at radius 2 is 0.343 bits per heavy atom. The third kappa shape index (κ3) is 16.4. The second-order valence-corrected chi connectivity index (χ2v) is 35.2. The van der Waals surface area contributed by atoms with Crippen molar-refractivity contribution in [2.24, 2.45) is 0 Å². The SMILES string of the molecule is c1ccc(-c2cc(-c3ccccc3)cc(-c3sc4c(-c5ccccc5)nc5ccccc5c4c3-c3ccc(-c4ccc(-c5nc(-c6ccccc6)nc(-c6ccccc6)n5)cc4)cc3)c2)cc1.c1ccc(-c2cc(-c3ccccc3)cc(-c3sc4c(-c5ccccc5)nc5ccccc5c4c3-c3cccc(-c4cccc(-c5nc(-c6ccccc6)nc(-c6ccccc6)n5)c4)c3)c2)cc1. The van der Waals surface area contributed by atoms with Crippen molar-refractivity contribution in [1.82, 2.24) is 39.9 Å². The second kappa shape index (κ2) is 36.3. The van der Waals surface area contributed by atoms with Gasteiger partial charge in [-0.3, -0.25) is 0 Å². The Labute approximate surface area is 784 Å². The van der Waals surface area contributed by atoms with E-state index in [0.717, 1.165) is 121 Å². The summed E-state index contributed by atoms with van der Waals surface area (Å²) in [6, 6.07) is 171. The van der Waals surface area contributed by atoms with Crippen molar-refractivity contribution in [3.8, 4) is 201 Å². The first-order valence-electron chi connectivity index (χ1n) is 44.9. The van der Waals surface area contributed by atoms with E-state index < -0.39 is 0 Å². The Balaban J connectivity index is 0.000000151. The number of nitrogens with zero attached hydrogens (tertiary/aromatic N) is 8. The molecule has 0 bridgehead atoms.